The number of nitrogens with one attached hydrogen (secondary N) is 1. The van der Waals surface area contributed by atoms with Crippen LogP contribution in [0.3, 0.4) is 0 Å². The molecule has 0 heterocycles. The van der Waals surface area contributed by atoms with Crippen LogP contribution >= 0.6 is 0 Å². The molecule has 0 bridgehead atoms. The summed E-state index contributed by atoms with van der Waals surface area (Å²) in [6, 6.07) is 2.57. The average molecular weight is 235 g/mol. The highest BCUT2D eigenvalue weighted by Crippen LogP contribution is 2.34. The van der Waals surface area contributed by atoms with Crippen molar-refractivity contribution in [3.05, 3.63) is 35.6 Å². The van der Waals surface area contributed by atoms with E-state index in [1.807, 2.05) is 0 Å². The minimum Gasteiger partial charge on any atom is -0.300 e. The van der Waals surface area contributed by atoms with Crippen LogP contribution in [0.15, 0.2) is 24.3 Å². The van der Waals surface area contributed by atoms with Crippen LogP contribution in [0.25, 0.3) is 0 Å². The number of hydrogen-bond donors (Lipinski definition) is 1. The molecule has 90 valence electrons. The maximum atomic E-state index is 13.3. The third-order valence-electron chi connectivity index (χ3n) is 2.04. The van der Waals surface area contributed by atoms with Crippen molar-refractivity contribution in [3.8, 4) is 0 Å². The zero-order valence-corrected chi connectivity index (χ0v) is 8.98. The van der Waals surface area contributed by atoms with E-state index in [0.29, 0.717) is 0 Å². The van der Waals surface area contributed by atoms with Crippen LogP contribution in [0.4, 0.5) is 17.6 Å². The topological polar surface area (TPSA) is 12.0 Å². The van der Waals surface area contributed by atoms with Crippen LogP contribution in [0.2, 0.25) is 0 Å². The van der Waals surface area contributed by atoms with Gasteiger partial charge in [0, 0.05) is 11.6 Å². The molecule has 1 nitrogen and oxygen atoms in total. The summed E-state index contributed by atoms with van der Waals surface area (Å²) in [6.45, 7) is 3.17. The van der Waals surface area contributed by atoms with Gasteiger partial charge in [-0.05, 0) is 6.07 Å². The third kappa shape index (κ3) is 3.20. The average Bonchev–Trinajstić information content (AvgIpc) is 2.13. The first-order valence-corrected chi connectivity index (χ1v) is 4.89. The lowest BCUT2D eigenvalue weighted by molar-refractivity contribution is -0.159. The Bertz CT molecular complexity index is 346. The predicted molar refractivity (Wildman–Crippen MR) is 53.5 cm³/mol. The summed E-state index contributed by atoms with van der Waals surface area (Å²) < 4.78 is 51.4. The third-order valence-corrected chi connectivity index (χ3v) is 2.04. The van der Waals surface area contributed by atoms with Gasteiger partial charge in [0.1, 0.15) is 11.9 Å². The highest BCUT2D eigenvalue weighted by atomic mass is 19.4. The molecule has 0 saturated carbocycles. The molecule has 1 atom stereocenters. The van der Waals surface area contributed by atoms with Crippen molar-refractivity contribution in [2.75, 3.05) is 0 Å². The fraction of sp³-hybridized carbons (Fsp3) is 0.455. The van der Waals surface area contributed by atoms with Crippen molar-refractivity contribution in [3.63, 3.8) is 0 Å². The van der Waals surface area contributed by atoms with Gasteiger partial charge >= 0.3 is 6.18 Å². The first kappa shape index (κ1) is 13.0. The second kappa shape index (κ2) is 4.82. The number of alkyl halides is 3. The van der Waals surface area contributed by atoms with Crippen LogP contribution in [0.1, 0.15) is 25.5 Å². The number of benzene rings is 1. The number of halogens is 4. The number of rotatable bonds is 3. The van der Waals surface area contributed by atoms with Gasteiger partial charge in [0.05, 0.1) is 0 Å². The Morgan fingerprint density at radius 1 is 1.12 bits per heavy atom. The van der Waals surface area contributed by atoms with Gasteiger partial charge in [-0.2, -0.15) is 13.2 Å². The molecule has 0 aromatic heterocycles. The standard InChI is InChI=1S/C11H13F4N/c1-7(2)16-10(11(13,14)15)8-5-3-4-6-9(8)12/h3-7,10,16H,1-2H3/t10-/m1/s1. The Hall–Kier alpha value is -1.10. The van der Waals surface area contributed by atoms with Gasteiger partial charge in [0.2, 0.25) is 0 Å². The summed E-state index contributed by atoms with van der Waals surface area (Å²) in [5.41, 5.74) is -0.372. The van der Waals surface area contributed by atoms with Crippen LogP contribution in [-0.4, -0.2) is 12.2 Å². The van der Waals surface area contributed by atoms with Crippen LogP contribution < -0.4 is 5.32 Å². The van der Waals surface area contributed by atoms with Crippen molar-refractivity contribution in [2.45, 2.75) is 32.1 Å². The van der Waals surface area contributed by atoms with E-state index in [0.717, 1.165) is 12.1 Å². The van der Waals surface area contributed by atoms with Gasteiger partial charge < -0.3 is 5.32 Å². The van der Waals surface area contributed by atoms with Crippen molar-refractivity contribution in [1.29, 1.82) is 0 Å². The Kier molecular flexibility index (Phi) is 3.91. The van der Waals surface area contributed by atoms with E-state index in [-0.39, 0.29) is 11.6 Å². The molecule has 0 radical (unpaired) electrons. The maximum Gasteiger partial charge on any atom is 0.408 e. The van der Waals surface area contributed by atoms with E-state index in [4.69, 9.17) is 0 Å². The van der Waals surface area contributed by atoms with Crippen LogP contribution in [0.5, 0.6) is 0 Å². The summed E-state index contributed by atoms with van der Waals surface area (Å²) in [4.78, 5) is 0. The summed E-state index contributed by atoms with van der Waals surface area (Å²) in [7, 11) is 0. The lowest BCUT2D eigenvalue weighted by Crippen LogP contribution is -2.38. The van der Waals surface area contributed by atoms with E-state index in [9.17, 15) is 17.6 Å². The van der Waals surface area contributed by atoms with Gasteiger partial charge in [-0.3, -0.25) is 0 Å². The molecule has 0 fully saturated rings. The first-order chi connectivity index (χ1) is 7.32. The van der Waals surface area contributed by atoms with Crippen molar-refractivity contribution >= 4 is 0 Å². The van der Waals surface area contributed by atoms with Gasteiger partial charge in [-0.1, -0.05) is 32.0 Å². The quantitative estimate of drug-likeness (QED) is 0.791. The Balaban J connectivity index is 3.07. The van der Waals surface area contributed by atoms with E-state index in [1.54, 1.807) is 13.8 Å². The molecule has 0 aliphatic heterocycles. The molecule has 16 heavy (non-hydrogen) atoms. The summed E-state index contributed by atoms with van der Waals surface area (Å²) >= 11 is 0. The Morgan fingerprint density at radius 2 is 1.69 bits per heavy atom. The zero-order chi connectivity index (χ0) is 12.3. The van der Waals surface area contributed by atoms with Crippen molar-refractivity contribution in [2.24, 2.45) is 0 Å². The smallest absolute Gasteiger partial charge is 0.300 e. The SMILES string of the molecule is CC(C)N[C@H](c1ccccc1F)C(F)(F)F. The summed E-state index contributed by atoms with van der Waals surface area (Å²) in [5, 5.41) is 2.31. The molecular weight excluding hydrogens is 222 g/mol. The second-order valence-corrected chi connectivity index (χ2v) is 3.82. The molecule has 0 spiro atoms. The number of hydrogen-bond acceptors (Lipinski definition) is 1. The van der Waals surface area contributed by atoms with Gasteiger partial charge in [0.25, 0.3) is 0 Å². The molecular formula is C11H13F4N. The maximum absolute atomic E-state index is 13.3. The van der Waals surface area contributed by atoms with Gasteiger partial charge in [-0.25, -0.2) is 4.39 Å². The van der Waals surface area contributed by atoms with Gasteiger partial charge in [-0.15, -0.1) is 0 Å². The summed E-state index contributed by atoms with van der Waals surface area (Å²) in [6.07, 6.45) is -4.51. The Morgan fingerprint density at radius 3 is 2.12 bits per heavy atom. The minimum absolute atomic E-state index is 0.372. The molecule has 1 aromatic carbocycles. The molecule has 1 N–H and O–H groups in total. The van der Waals surface area contributed by atoms with Crippen molar-refractivity contribution in [1.82, 2.24) is 5.32 Å². The van der Waals surface area contributed by atoms with E-state index in [2.05, 4.69) is 5.32 Å². The molecule has 5 heteroatoms. The van der Waals surface area contributed by atoms with Crippen LogP contribution in [0, 0.1) is 5.82 Å². The van der Waals surface area contributed by atoms with E-state index < -0.39 is 18.0 Å². The molecule has 0 saturated heterocycles. The fourth-order valence-corrected chi connectivity index (χ4v) is 1.40. The van der Waals surface area contributed by atoms with E-state index >= 15 is 0 Å². The van der Waals surface area contributed by atoms with Gasteiger partial charge in [0.15, 0.2) is 0 Å². The molecule has 0 unspecified atom stereocenters. The monoisotopic (exact) mass is 235 g/mol. The van der Waals surface area contributed by atoms with Crippen LogP contribution in [-0.2, 0) is 0 Å². The minimum atomic E-state index is -4.51. The summed E-state index contributed by atoms with van der Waals surface area (Å²) in [5.74, 6) is -0.849. The highest BCUT2D eigenvalue weighted by Gasteiger charge is 2.42. The fourth-order valence-electron chi connectivity index (χ4n) is 1.40. The first-order valence-electron chi connectivity index (χ1n) is 4.89. The zero-order valence-electron chi connectivity index (χ0n) is 8.98. The predicted octanol–water partition coefficient (Wildman–Crippen LogP) is 3.43. The normalized spacial score (nSPS) is 14.2. The lowest BCUT2D eigenvalue weighted by atomic mass is 10.1. The molecule has 0 aliphatic carbocycles. The molecule has 1 rings (SSSR count). The lowest BCUT2D eigenvalue weighted by Gasteiger charge is -2.24. The molecule has 0 amide bonds. The largest absolute Gasteiger partial charge is 0.408 e. The van der Waals surface area contributed by atoms with E-state index in [1.165, 1.54) is 12.1 Å². The second-order valence-electron chi connectivity index (χ2n) is 3.82. The Labute approximate surface area is 91.5 Å². The highest BCUT2D eigenvalue weighted by molar-refractivity contribution is 5.22. The molecule has 0 aliphatic rings. The van der Waals surface area contributed by atoms with Crippen molar-refractivity contribution < 1.29 is 17.6 Å². The molecule has 1 aromatic rings.